The van der Waals surface area contributed by atoms with E-state index >= 15 is 0 Å². The highest BCUT2D eigenvalue weighted by Gasteiger charge is 2.28. The lowest BCUT2D eigenvalue weighted by atomic mass is 9.81. The van der Waals surface area contributed by atoms with Crippen LogP contribution >= 0.6 is 15.9 Å². The number of rotatable bonds is 11. The van der Waals surface area contributed by atoms with Crippen LogP contribution in [0.1, 0.15) is 53.4 Å². The van der Waals surface area contributed by atoms with E-state index in [1.54, 1.807) is 0 Å². The van der Waals surface area contributed by atoms with Crippen LogP contribution in [0.2, 0.25) is 0 Å². The third-order valence-electron chi connectivity index (χ3n) is 3.37. The maximum Gasteiger partial charge on any atom is 0.0596 e. The summed E-state index contributed by atoms with van der Waals surface area (Å²) in [6.45, 7) is 11.8. The molecule has 0 unspecified atom stereocenters. The highest BCUT2D eigenvalue weighted by atomic mass is 79.9. The van der Waals surface area contributed by atoms with E-state index < -0.39 is 0 Å². The number of nitrogens with zero attached hydrogens (tertiary/aromatic N) is 1. The summed E-state index contributed by atoms with van der Waals surface area (Å²) in [6, 6.07) is 0. The van der Waals surface area contributed by atoms with Crippen LogP contribution in [-0.4, -0.2) is 43.1 Å². The minimum Gasteiger partial charge on any atom is -0.377 e. The normalized spacial score (nSPS) is 12.7. The smallest absolute Gasteiger partial charge is 0.0596 e. The molecule has 0 aromatic rings. The summed E-state index contributed by atoms with van der Waals surface area (Å²) in [7, 11) is 2.21. The standard InChI is InChI=1S/C15H32BrNO/c1-6-8-15(12-16,9-7-2)13-17(5)10-11-18-14(3)4/h14H,6-13H2,1-5H3. The first kappa shape index (κ1) is 18.4. The van der Waals surface area contributed by atoms with Gasteiger partial charge in [-0.2, -0.15) is 0 Å². The second-order valence-corrected chi connectivity index (χ2v) is 6.35. The largest absolute Gasteiger partial charge is 0.377 e. The minimum absolute atomic E-state index is 0.339. The third kappa shape index (κ3) is 7.75. The Morgan fingerprint density at radius 3 is 2.11 bits per heavy atom. The number of ether oxygens (including phenoxy) is 1. The van der Waals surface area contributed by atoms with Crippen LogP contribution in [0.4, 0.5) is 0 Å². The topological polar surface area (TPSA) is 12.5 Å². The lowest BCUT2D eigenvalue weighted by Crippen LogP contribution is -2.38. The van der Waals surface area contributed by atoms with E-state index in [4.69, 9.17) is 4.74 Å². The van der Waals surface area contributed by atoms with Gasteiger partial charge in [-0.1, -0.05) is 42.6 Å². The molecule has 18 heavy (non-hydrogen) atoms. The van der Waals surface area contributed by atoms with Gasteiger partial charge < -0.3 is 9.64 Å². The second kappa shape index (κ2) is 10.2. The Kier molecular flexibility index (Phi) is 10.4. The molecule has 0 aliphatic heterocycles. The van der Waals surface area contributed by atoms with Crippen molar-refractivity contribution in [3.63, 3.8) is 0 Å². The van der Waals surface area contributed by atoms with Crippen molar-refractivity contribution < 1.29 is 4.74 Å². The maximum absolute atomic E-state index is 5.63. The summed E-state index contributed by atoms with van der Waals surface area (Å²) in [4.78, 5) is 2.43. The molecule has 0 aromatic heterocycles. The SMILES string of the molecule is CCCC(CBr)(CCC)CN(C)CCOC(C)C. The minimum atomic E-state index is 0.339. The molecule has 0 aliphatic rings. The predicted octanol–water partition coefficient (Wildman–Crippen LogP) is 4.32. The van der Waals surface area contributed by atoms with Crippen molar-refractivity contribution in [2.45, 2.75) is 59.5 Å². The van der Waals surface area contributed by atoms with E-state index in [0.29, 0.717) is 11.5 Å². The number of halogens is 1. The second-order valence-electron chi connectivity index (χ2n) is 5.79. The van der Waals surface area contributed by atoms with Crippen molar-refractivity contribution in [2.75, 3.05) is 32.1 Å². The fourth-order valence-corrected chi connectivity index (χ4v) is 3.35. The van der Waals surface area contributed by atoms with Gasteiger partial charge in [0.2, 0.25) is 0 Å². The van der Waals surface area contributed by atoms with Gasteiger partial charge in [0.05, 0.1) is 12.7 Å². The van der Waals surface area contributed by atoms with Crippen LogP contribution < -0.4 is 0 Å². The molecule has 0 atom stereocenters. The van der Waals surface area contributed by atoms with E-state index in [1.165, 1.54) is 32.2 Å². The van der Waals surface area contributed by atoms with Crippen molar-refractivity contribution >= 4 is 15.9 Å². The number of likely N-dealkylation sites (N-methyl/N-ethyl adjacent to an activating group) is 1. The highest BCUT2D eigenvalue weighted by molar-refractivity contribution is 9.09. The Labute approximate surface area is 123 Å². The first-order chi connectivity index (χ1) is 8.49. The molecule has 0 aromatic carbocycles. The molecule has 0 radical (unpaired) electrons. The van der Waals surface area contributed by atoms with Gasteiger partial charge in [0.15, 0.2) is 0 Å². The summed E-state index contributed by atoms with van der Waals surface area (Å²) in [5, 5.41) is 1.11. The summed E-state index contributed by atoms with van der Waals surface area (Å²) >= 11 is 3.74. The molecule has 0 rings (SSSR count). The van der Waals surface area contributed by atoms with Crippen LogP contribution in [0.3, 0.4) is 0 Å². The molecular formula is C15H32BrNO. The average Bonchev–Trinajstić information content (AvgIpc) is 2.29. The van der Waals surface area contributed by atoms with E-state index in [0.717, 1.165) is 18.5 Å². The van der Waals surface area contributed by atoms with E-state index in [9.17, 15) is 0 Å². The monoisotopic (exact) mass is 321 g/mol. The first-order valence-electron chi connectivity index (χ1n) is 7.35. The molecule has 0 saturated carbocycles. The number of hydrogen-bond acceptors (Lipinski definition) is 2. The summed E-state index contributed by atoms with van der Waals surface area (Å²) in [5.41, 5.74) is 0.441. The van der Waals surface area contributed by atoms with Crippen molar-refractivity contribution in [2.24, 2.45) is 5.41 Å². The average molecular weight is 322 g/mol. The molecule has 0 heterocycles. The summed E-state index contributed by atoms with van der Waals surface area (Å²) in [5.74, 6) is 0. The van der Waals surface area contributed by atoms with Crippen molar-refractivity contribution in [1.82, 2.24) is 4.90 Å². The lowest BCUT2D eigenvalue weighted by molar-refractivity contribution is 0.0543. The molecule has 0 saturated heterocycles. The molecule has 0 spiro atoms. The highest BCUT2D eigenvalue weighted by Crippen LogP contribution is 2.32. The number of alkyl halides is 1. The van der Waals surface area contributed by atoms with Crippen LogP contribution in [0, 0.1) is 5.41 Å². The van der Waals surface area contributed by atoms with Crippen molar-refractivity contribution in [3.05, 3.63) is 0 Å². The quantitative estimate of drug-likeness (QED) is 0.525. The van der Waals surface area contributed by atoms with Gasteiger partial charge in [0.25, 0.3) is 0 Å². The van der Waals surface area contributed by atoms with E-state index in [2.05, 4.69) is 55.6 Å². The number of hydrogen-bond donors (Lipinski definition) is 0. The maximum atomic E-state index is 5.63. The first-order valence-corrected chi connectivity index (χ1v) is 8.48. The van der Waals surface area contributed by atoms with Crippen LogP contribution in [0.15, 0.2) is 0 Å². The Balaban J connectivity index is 4.20. The molecule has 2 nitrogen and oxygen atoms in total. The van der Waals surface area contributed by atoms with E-state index in [-0.39, 0.29) is 0 Å². The summed E-state index contributed by atoms with van der Waals surface area (Å²) in [6.07, 6.45) is 5.48. The van der Waals surface area contributed by atoms with Gasteiger partial charge in [-0.3, -0.25) is 0 Å². The zero-order chi connectivity index (χ0) is 14.0. The molecular weight excluding hydrogens is 290 g/mol. The zero-order valence-electron chi connectivity index (χ0n) is 13.0. The van der Waals surface area contributed by atoms with Crippen LogP contribution in [-0.2, 0) is 4.74 Å². The van der Waals surface area contributed by atoms with Crippen molar-refractivity contribution in [1.29, 1.82) is 0 Å². The molecule has 3 heteroatoms. The lowest BCUT2D eigenvalue weighted by Gasteiger charge is -2.36. The Morgan fingerprint density at radius 1 is 1.17 bits per heavy atom. The zero-order valence-corrected chi connectivity index (χ0v) is 14.6. The van der Waals surface area contributed by atoms with Gasteiger partial charge in [0.1, 0.15) is 0 Å². The molecule has 110 valence electrons. The molecule has 0 aliphatic carbocycles. The molecule has 0 bridgehead atoms. The Bertz CT molecular complexity index is 191. The predicted molar refractivity (Wildman–Crippen MR) is 84.6 cm³/mol. The van der Waals surface area contributed by atoms with Crippen LogP contribution in [0.25, 0.3) is 0 Å². The van der Waals surface area contributed by atoms with Gasteiger partial charge in [-0.15, -0.1) is 0 Å². The Hall–Kier alpha value is 0.400. The van der Waals surface area contributed by atoms with Gasteiger partial charge in [0, 0.05) is 18.4 Å². The third-order valence-corrected chi connectivity index (χ3v) is 4.56. The van der Waals surface area contributed by atoms with E-state index in [1.807, 2.05) is 0 Å². The molecule has 0 fully saturated rings. The van der Waals surface area contributed by atoms with Gasteiger partial charge in [-0.25, -0.2) is 0 Å². The fourth-order valence-electron chi connectivity index (χ4n) is 2.62. The molecule has 0 N–H and O–H groups in total. The van der Waals surface area contributed by atoms with Gasteiger partial charge >= 0.3 is 0 Å². The summed E-state index contributed by atoms with van der Waals surface area (Å²) < 4.78 is 5.63. The Morgan fingerprint density at radius 2 is 1.72 bits per heavy atom. The van der Waals surface area contributed by atoms with Crippen molar-refractivity contribution in [3.8, 4) is 0 Å². The fraction of sp³-hybridized carbons (Fsp3) is 1.00. The van der Waals surface area contributed by atoms with Crippen LogP contribution in [0.5, 0.6) is 0 Å². The molecule has 0 amide bonds. The van der Waals surface area contributed by atoms with Gasteiger partial charge in [-0.05, 0) is 39.2 Å².